The number of amides is 2. The largest absolute Gasteiger partial charge is 0.323 e. The van der Waals surface area contributed by atoms with Gasteiger partial charge in [0.15, 0.2) is 0 Å². The Morgan fingerprint density at radius 3 is 2.52 bits per heavy atom. The van der Waals surface area contributed by atoms with Crippen LogP contribution in [0.2, 0.25) is 5.02 Å². The number of hydrogen-bond acceptors (Lipinski definition) is 5. The van der Waals surface area contributed by atoms with Crippen molar-refractivity contribution < 1.29 is 9.18 Å². The molecular weight excluding hydrogens is 467 g/mol. The van der Waals surface area contributed by atoms with Crippen LogP contribution in [0.1, 0.15) is 25.6 Å². The Hall–Kier alpha value is -3.37. The zero-order valence-electron chi connectivity index (χ0n) is 17.8. The van der Waals surface area contributed by atoms with Crippen LogP contribution in [0.5, 0.6) is 0 Å². The number of carbonyl (C=O) groups is 1. The quantitative estimate of drug-likeness (QED) is 0.365. The SMILES string of the molecule is CC(C)n1cnc2nc(CSc3ccc(NC(=O)Nc4ccc(F)c(Cl)c4)cc3)cc(=O)n21. The van der Waals surface area contributed by atoms with Gasteiger partial charge in [0.1, 0.15) is 12.1 Å². The lowest BCUT2D eigenvalue weighted by molar-refractivity contribution is 0.262. The molecule has 2 aromatic carbocycles. The zero-order valence-corrected chi connectivity index (χ0v) is 19.3. The van der Waals surface area contributed by atoms with Crippen molar-refractivity contribution >= 4 is 46.5 Å². The van der Waals surface area contributed by atoms with Gasteiger partial charge >= 0.3 is 6.03 Å². The lowest BCUT2D eigenvalue weighted by Crippen LogP contribution is -2.22. The summed E-state index contributed by atoms with van der Waals surface area (Å²) in [6.07, 6.45) is 1.61. The normalized spacial score (nSPS) is 11.2. The highest BCUT2D eigenvalue weighted by Gasteiger charge is 2.11. The third kappa shape index (κ3) is 5.35. The van der Waals surface area contributed by atoms with Crippen molar-refractivity contribution in [3.8, 4) is 0 Å². The van der Waals surface area contributed by atoms with Crippen LogP contribution < -0.4 is 16.2 Å². The van der Waals surface area contributed by atoms with Gasteiger partial charge in [-0.25, -0.2) is 14.2 Å². The fourth-order valence-corrected chi connectivity index (χ4v) is 4.04. The minimum Gasteiger partial charge on any atom is -0.308 e. The summed E-state index contributed by atoms with van der Waals surface area (Å²) in [5.41, 5.74) is 1.43. The smallest absolute Gasteiger partial charge is 0.308 e. The van der Waals surface area contributed by atoms with Crippen molar-refractivity contribution in [1.29, 1.82) is 0 Å². The Morgan fingerprint density at radius 2 is 1.82 bits per heavy atom. The van der Waals surface area contributed by atoms with E-state index in [1.54, 1.807) is 23.1 Å². The van der Waals surface area contributed by atoms with Crippen LogP contribution in [-0.2, 0) is 5.75 Å². The summed E-state index contributed by atoms with van der Waals surface area (Å²) >= 11 is 7.24. The molecule has 2 aromatic heterocycles. The molecule has 0 spiro atoms. The van der Waals surface area contributed by atoms with Gasteiger partial charge in [0, 0.05) is 34.1 Å². The van der Waals surface area contributed by atoms with E-state index < -0.39 is 11.8 Å². The van der Waals surface area contributed by atoms with E-state index in [0.29, 0.717) is 28.6 Å². The first-order valence-electron chi connectivity index (χ1n) is 10.0. The van der Waals surface area contributed by atoms with Crippen molar-refractivity contribution in [2.45, 2.75) is 30.5 Å². The third-order valence-corrected chi connectivity index (χ3v) is 6.00. The molecule has 0 aliphatic carbocycles. The minimum absolute atomic E-state index is 0.0706. The van der Waals surface area contributed by atoms with Gasteiger partial charge in [0.05, 0.1) is 10.7 Å². The Morgan fingerprint density at radius 1 is 1.12 bits per heavy atom. The number of halogens is 2. The van der Waals surface area contributed by atoms with Crippen molar-refractivity contribution in [2.75, 3.05) is 10.6 Å². The van der Waals surface area contributed by atoms with Crippen molar-refractivity contribution in [2.24, 2.45) is 0 Å². The highest BCUT2D eigenvalue weighted by molar-refractivity contribution is 7.98. The van der Waals surface area contributed by atoms with Crippen LogP contribution in [0.25, 0.3) is 5.78 Å². The van der Waals surface area contributed by atoms with E-state index in [2.05, 4.69) is 20.6 Å². The van der Waals surface area contributed by atoms with Gasteiger partial charge in [-0.05, 0) is 56.3 Å². The number of hydrogen-bond donors (Lipinski definition) is 2. The van der Waals surface area contributed by atoms with Gasteiger partial charge in [-0.15, -0.1) is 11.8 Å². The number of thioether (sulfide) groups is 1. The molecule has 0 bridgehead atoms. The topological polar surface area (TPSA) is 93.3 Å². The maximum atomic E-state index is 13.2. The maximum absolute atomic E-state index is 13.2. The van der Waals surface area contributed by atoms with E-state index in [9.17, 15) is 14.0 Å². The van der Waals surface area contributed by atoms with E-state index in [-0.39, 0.29) is 16.6 Å². The zero-order chi connectivity index (χ0) is 23.5. The second-order valence-corrected chi connectivity index (χ2v) is 8.89. The first-order chi connectivity index (χ1) is 15.8. The van der Waals surface area contributed by atoms with E-state index in [1.807, 2.05) is 26.0 Å². The maximum Gasteiger partial charge on any atom is 0.323 e. The number of nitrogens with one attached hydrogen (secondary N) is 2. The monoisotopic (exact) mass is 486 g/mol. The molecule has 0 aliphatic rings. The Labute approximate surface area is 197 Å². The minimum atomic E-state index is -0.554. The molecule has 0 atom stereocenters. The number of fused-ring (bicyclic) bond motifs is 1. The molecule has 2 heterocycles. The van der Waals surface area contributed by atoms with Crippen LogP contribution in [0.15, 0.2) is 64.5 Å². The number of benzene rings is 2. The summed E-state index contributed by atoms with van der Waals surface area (Å²) in [6.45, 7) is 3.94. The van der Waals surface area contributed by atoms with Crippen LogP contribution in [-0.4, -0.2) is 25.2 Å². The number of anilines is 2. The van der Waals surface area contributed by atoms with Crippen molar-refractivity contribution in [3.05, 3.63) is 81.7 Å². The first kappa shape index (κ1) is 22.8. The fourth-order valence-electron chi connectivity index (χ4n) is 3.07. The molecule has 170 valence electrons. The van der Waals surface area contributed by atoms with E-state index >= 15 is 0 Å². The van der Waals surface area contributed by atoms with Crippen LogP contribution >= 0.6 is 23.4 Å². The first-order valence-corrected chi connectivity index (χ1v) is 11.4. The molecule has 0 unspecified atom stereocenters. The number of nitrogens with zero attached hydrogens (tertiary/aromatic N) is 4. The lowest BCUT2D eigenvalue weighted by atomic mass is 10.3. The third-order valence-electron chi connectivity index (χ3n) is 4.66. The van der Waals surface area contributed by atoms with E-state index in [4.69, 9.17) is 11.6 Å². The molecule has 2 N–H and O–H groups in total. The molecule has 4 aromatic rings. The second kappa shape index (κ2) is 9.63. The molecule has 0 saturated carbocycles. The molecule has 0 saturated heterocycles. The van der Waals surface area contributed by atoms with Gasteiger partial charge in [-0.3, -0.25) is 9.48 Å². The number of carbonyl (C=O) groups excluding carboxylic acids is 1. The molecule has 0 fully saturated rings. The van der Waals surface area contributed by atoms with E-state index in [0.717, 1.165) is 4.90 Å². The number of rotatable bonds is 6. The summed E-state index contributed by atoms with van der Waals surface area (Å²) < 4.78 is 16.4. The van der Waals surface area contributed by atoms with Crippen LogP contribution in [0.4, 0.5) is 20.6 Å². The Balaban J connectivity index is 1.36. The fraction of sp³-hybridized carbons (Fsp3) is 0.182. The van der Waals surface area contributed by atoms with Gasteiger partial charge in [-0.1, -0.05) is 11.6 Å². The van der Waals surface area contributed by atoms with Gasteiger partial charge in [0.2, 0.25) is 0 Å². The van der Waals surface area contributed by atoms with Crippen LogP contribution in [0.3, 0.4) is 0 Å². The molecule has 0 aliphatic heterocycles. The molecular formula is C22H20ClFN6O2S. The summed E-state index contributed by atoms with van der Waals surface area (Å²) in [7, 11) is 0. The molecule has 4 rings (SSSR count). The summed E-state index contributed by atoms with van der Waals surface area (Å²) in [6, 6.07) is 12.3. The summed E-state index contributed by atoms with van der Waals surface area (Å²) in [5.74, 6) is 0.319. The highest BCUT2D eigenvalue weighted by atomic mass is 35.5. The summed E-state index contributed by atoms with van der Waals surface area (Å²) in [4.78, 5) is 34.3. The molecule has 0 radical (unpaired) electrons. The average molecular weight is 487 g/mol. The van der Waals surface area contributed by atoms with Gasteiger partial charge in [0.25, 0.3) is 11.3 Å². The van der Waals surface area contributed by atoms with Crippen molar-refractivity contribution in [3.63, 3.8) is 0 Å². The average Bonchev–Trinajstić information content (AvgIpc) is 3.21. The Bertz CT molecular complexity index is 1370. The number of aromatic nitrogens is 4. The summed E-state index contributed by atoms with van der Waals surface area (Å²) in [5, 5.41) is 5.23. The number of urea groups is 1. The predicted octanol–water partition coefficient (Wildman–Crippen LogP) is 5.20. The second-order valence-electron chi connectivity index (χ2n) is 7.44. The highest BCUT2D eigenvalue weighted by Crippen LogP contribution is 2.24. The molecule has 11 heteroatoms. The molecule has 8 nitrogen and oxygen atoms in total. The molecule has 2 amide bonds. The standard InChI is InChI=1S/C22H20ClFN6O2S/c1-13(2)29-12-25-21-26-16(10-20(31)30(21)29)11-33-17-6-3-14(4-7-17)27-22(32)28-15-5-8-19(24)18(23)9-15/h3-10,12-13H,11H2,1-2H3,(H2,27,28,32). The Kier molecular flexibility index (Phi) is 6.66. The van der Waals surface area contributed by atoms with Crippen LogP contribution in [0, 0.1) is 5.82 Å². The predicted molar refractivity (Wildman–Crippen MR) is 128 cm³/mol. The van der Waals surface area contributed by atoms with Gasteiger partial charge < -0.3 is 10.6 Å². The lowest BCUT2D eigenvalue weighted by Gasteiger charge is -2.09. The van der Waals surface area contributed by atoms with E-state index in [1.165, 1.54) is 40.5 Å². The molecule has 33 heavy (non-hydrogen) atoms. The van der Waals surface area contributed by atoms with Gasteiger partial charge in [-0.2, -0.15) is 9.50 Å². The van der Waals surface area contributed by atoms with Crippen molar-refractivity contribution in [1.82, 2.24) is 19.2 Å².